The van der Waals surface area contributed by atoms with Gasteiger partial charge in [-0.15, -0.1) is 0 Å². The van der Waals surface area contributed by atoms with Crippen LogP contribution in [0.3, 0.4) is 0 Å². The lowest BCUT2D eigenvalue weighted by Crippen LogP contribution is -2.74. The number of fused-ring (bicyclic) bond motifs is 9. The van der Waals surface area contributed by atoms with Crippen molar-refractivity contribution in [3.63, 3.8) is 0 Å². The minimum absolute atomic E-state index is 0.526. The van der Waals surface area contributed by atoms with Crippen LogP contribution in [0, 0.1) is 0 Å². The van der Waals surface area contributed by atoms with Crippen molar-refractivity contribution in [2.75, 3.05) is 0 Å². The van der Waals surface area contributed by atoms with Crippen LogP contribution in [0.15, 0.2) is 279 Å². The van der Waals surface area contributed by atoms with Gasteiger partial charge >= 0.3 is 0 Å². The third-order valence-electron chi connectivity index (χ3n) is 15.5. The fourth-order valence-corrected chi connectivity index (χ4v) is 17.1. The summed E-state index contributed by atoms with van der Waals surface area (Å²) in [5.41, 5.74) is 10.5. The summed E-state index contributed by atoms with van der Waals surface area (Å²) in [5, 5.41) is 12.0. The number of para-hydroxylation sites is 7. The van der Waals surface area contributed by atoms with Crippen molar-refractivity contribution in [1.29, 1.82) is 0 Å². The summed E-state index contributed by atoms with van der Waals surface area (Å²) in [6.45, 7) is 0. The quantitative estimate of drug-likeness (QED) is 0.107. The van der Waals surface area contributed by atoms with E-state index in [1.807, 2.05) is 0 Å². The second-order valence-corrected chi connectivity index (χ2v) is 23.3. The third-order valence-corrected chi connectivity index (χ3v) is 20.3. The highest BCUT2D eigenvalue weighted by Crippen LogP contribution is 2.42. The number of nitrogens with zero attached hydrogens (tertiary/aromatic N) is 6. The third kappa shape index (κ3) is 6.62. The number of benzene rings is 11. The van der Waals surface area contributed by atoms with E-state index < -0.39 is 8.07 Å². The van der Waals surface area contributed by atoms with E-state index in [0.717, 1.165) is 77.0 Å². The normalized spacial score (nSPS) is 11.9. The summed E-state index contributed by atoms with van der Waals surface area (Å²) in [5.74, 6) is 1.64. The average molecular weight is 987 g/mol. The fraction of sp³-hybridized carbons (Fsp3) is 0. The second-order valence-electron chi connectivity index (χ2n) is 19.5. The van der Waals surface area contributed by atoms with Crippen LogP contribution in [0.5, 0.6) is 0 Å². The second kappa shape index (κ2) is 17.6. The number of hydrogen-bond donors (Lipinski definition) is 0. The monoisotopic (exact) mass is 986 g/mol. The predicted octanol–water partition coefficient (Wildman–Crippen LogP) is 13.9. The van der Waals surface area contributed by atoms with Gasteiger partial charge in [0, 0.05) is 49.0 Å². The molecule has 4 aromatic heterocycles. The molecule has 356 valence electrons. The van der Waals surface area contributed by atoms with Gasteiger partial charge in [-0.05, 0) is 57.1 Å². The maximum atomic E-state index is 5.68. The zero-order chi connectivity index (χ0) is 50.2. The first-order valence-corrected chi connectivity index (χ1v) is 27.9. The number of hydrogen-bond acceptors (Lipinski definition) is 3. The molecule has 15 aromatic rings. The Morgan fingerprint density at radius 1 is 0.263 bits per heavy atom. The molecule has 0 bridgehead atoms. The molecule has 0 radical (unpaired) electrons. The van der Waals surface area contributed by atoms with Gasteiger partial charge in [0.25, 0.3) is 0 Å². The molecule has 0 N–H and O–H groups in total. The Balaban J connectivity index is 1.03. The Kier molecular flexibility index (Phi) is 10.1. The van der Waals surface area contributed by atoms with Crippen LogP contribution in [0.2, 0.25) is 0 Å². The Hall–Kier alpha value is -9.95. The van der Waals surface area contributed by atoms with E-state index in [1.54, 1.807) is 0 Å². The van der Waals surface area contributed by atoms with E-state index >= 15 is 0 Å². The molecule has 0 unspecified atom stereocenters. The van der Waals surface area contributed by atoms with Crippen LogP contribution in [0.4, 0.5) is 0 Å². The zero-order valence-corrected chi connectivity index (χ0v) is 42.2. The van der Waals surface area contributed by atoms with Gasteiger partial charge in [-0.1, -0.05) is 243 Å². The smallest absolute Gasteiger partial charge is 0.240 e. The molecule has 76 heavy (non-hydrogen) atoms. The zero-order valence-electron chi connectivity index (χ0n) is 41.2. The standard InChI is InChI=1S/C69H46N6Si/c1-4-25-48(26-5-1)76(49-27-6-2-7-28-49,50-29-8-3-9-30-50)51-31-22-24-47(46-51)67-70-68(74-63-43-19-12-34-54(63)55-35-13-20-44-64(55)74)72-69(71-67)75-65-45-21-15-37-57(65)59-39-23-38-58(66(59)75)56-36-14-18-42-62(56)73-60-40-16-10-32-52(60)53-33-11-17-41-61(53)73/h1-46H. The lowest BCUT2D eigenvalue weighted by molar-refractivity contribution is 0.893. The molecule has 0 atom stereocenters. The van der Waals surface area contributed by atoms with Crippen LogP contribution in [0.25, 0.3) is 106 Å². The molecule has 7 heteroatoms. The maximum absolute atomic E-state index is 5.68. The largest absolute Gasteiger partial charge is 0.309 e. The summed E-state index contributed by atoms with van der Waals surface area (Å²) in [4.78, 5) is 16.9. The Morgan fingerprint density at radius 3 is 1.16 bits per heavy atom. The van der Waals surface area contributed by atoms with Crippen molar-refractivity contribution in [3.05, 3.63) is 279 Å². The highest BCUT2D eigenvalue weighted by molar-refractivity contribution is 7.19. The molecular formula is C69H46N6Si. The molecule has 0 amide bonds. The maximum Gasteiger partial charge on any atom is 0.240 e. The van der Waals surface area contributed by atoms with Gasteiger partial charge in [0.2, 0.25) is 11.9 Å². The van der Waals surface area contributed by atoms with Crippen LogP contribution < -0.4 is 20.7 Å². The minimum Gasteiger partial charge on any atom is -0.309 e. The summed E-state index contributed by atoms with van der Waals surface area (Å²) < 4.78 is 6.92. The van der Waals surface area contributed by atoms with Gasteiger partial charge < -0.3 is 4.57 Å². The highest BCUT2D eigenvalue weighted by Gasteiger charge is 2.41. The molecule has 6 nitrogen and oxygen atoms in total. The molecule has 15 rings (SSSR count). The molecule has 11 aromatic carbocycles. The van der Waals surface area contributed by atoms with Crippen molar-refractivity contribution in [2.45, 2.75) is 0 Å². The first-order chi connectivity index (χ1) is 37.7. The SMILES string of the molecule is c1ccc([Si](c2ccccc2)(c2ccccc2)c2cccc(-c3nc(-n4c5ccccc5c5ccccc54)nc(-n4c5ccccc5c5cccc(-c6ccccc6-n6c7ccccc7c7ccccc76)c54)n3)c2)cc1. The lowest BCUT2D eigenvalue weighted by Gasteiger charge is -2.34. The van der Waals surface area contributed by atoms with Gasteiger partial charge in [-0.2, -0.15) is 15.0 Å². The Morgan fingerprint density at radius 2 is 0.632 bits per heavy atom. The van der Waals surface area contributed by atoms with Crippen LogP contribution in [0.1, 0.15) is 0 Å². The lowest BCUT2D eigenvalue weighted by atomic mass is 10.00. The molecular weight excluding hydrogens is 941 g/mol. The van der Waals surface area contributed by atoms with Crippen LogP contribution in [-0.2, 0) is 0 Å². The van der Waals surface area contributed by atoms with Crippen molar-refractivity contribution >= 4 is 94.2 Å². The summed E-state index contributed by atoms with van der Waals surface area (Å²) >= 11 is 0. The van der Waals surface area contributed by atoms with Crippen molar-refractivity contribution < 1.29 is 0 Å². The van der Waals surface area contributed by atoms with Crippen LogP contribution >= 0.6 is 0 Å². The van der Waals surface area contributed by atoms with Gasteiger partial charge in [0.1, 0.15) is 0 Å². The van der Waals surface area contributed by atoms with Gasteiger partial charge in [-0.3, -0.25) is 9.13 Å². The molecule has 0 aliphatic rings. The summed E-state index contributed by atoms with van der Waals surface area (Å²) in [6.07, 6.45) is 0. The molecule has 0 saturated heterocycles. The molecule has 0 saturated carbocycles. The summed E-state index contributed by atoms with van der Waals surface area (Å²) in [7, 11) is -2.93. The topological polar surface area (TPSA) is 53.5 Å². The first kappa shape index (κ1) is 43.6. The Bertz CT molecular complexity index is 4510. The fourth-order valence-electron chi connectivity index (χ4n) is 12.3. The predicted molar refractivity (Wildman–Crippen MR) is 317 cm³/mol. The van der Waals surface area contributed by atoms with E-state index in [9.17, 15) is 0 Å². The first-order valence-electron chi connectivity index (χ1n) is 25.9. The minimum atomic E-state index is -2.93. The van der Waals surface area contributed by atoms with Crippen molar-refractivity contribution in [1.82, 2.24) is 28.7 Å². The average Bonchev–Trinajstić information content (AvgIpc) is 4.23. The molecule has 0 aliphatic heterocycles. The van der Waals surface area contributed by atoms with Gasteiger partial charge in [0.05, 0.1) is 38.8 Å². The van der Waals surface area contributed by atoms with Crippen molar-refractivity contribution in [2.24, 2.45) is 0 Å². The number of rotatable bonds is 9. The van der Waals surface area contributed by atoms with E-state index in [1.165, 1.54) is 31.5 Å². The number of aromatic nitrogens is 6. The molecule has 4 heterocycles. The van der Waals surface area contributed by atoms with Crippen LogP contribution in [-0.4, -0.2) is 36.7 Å². The Labute approximate surface area is 439 Å². The van der Waals surface area contributed by atoms with E-state index in [4.69, 9.17) is 15.0 Å². The van der Waals surface area contributed by atoms with E-state index in [2.05, 4.69) is 293 Å². The summed E-state index contributed by atoms with van der Waals surface area (Å²) in [6, 6.07) is 101. The molecule has 0 spiro atoms. The van der Waals surface area contributed by atoms with E-state index in [-0.39, 0.29) is 0 Å². The highest BCUT2D eigenvalue weighted by atomic mass is 28.3. The molecule has 0 aliphatic carbocycles. The van der Waals surface area contributed by atoms with E-state index in [0.29, 0.717) is 17.7 Å². The van der Waals surface area contributed by atoms with Crippen molar-refractivity contribution in [3.8, 4) is 40.1 Å². The van der Waals surface area contributed by atoms with Gasteiger partial charge in [0.15, 0.2) is 13.9 Å². The molecule has 0 fully saturated rings. The van der Waals surface area contributed by atoms with Gasteiger partial charge in [-0.25, -0.2) is 0 Å².